The van der Waals surface area contributed by atoms with Gasteiger partial charge in [-0.25, -0.2) is 0 Å². The predicted molar refractivity (Wildman–Crippen MR) is 154 cm³/mol. The van der Waals surface area contributed by atoms with Crippen LogP contribution in [0, 0.1) is 13.8 Å². The molecule has 0 saturated carbocycles. The summed E-state index contributed by atoms with van der Waals surface area (Å²) in [6.45, 7) is 4.48. The number of thiocarbonyl (C=S) groups is 1. The Kier molecular flexibility index (Phi) is 7.42. The second kappa shape index (κ2) is 11.1. The lowest BCUT2D eigenvalue weighted by Crippen LogP contribution is -2.33. The van der Waals surface area contributed by atoms with Crippen LogP contribution in [0.4, 0.5) is 5.69 Å². The number of rotatable bonds is 8. The molecular formula is C30H31N5O2S. The van der Waals surface area contributed by atoms with E-state index in [1.807, 2.05) is 86.8 Å². The number of carbonyl (C=O) groups is 1. The van der Waals surface area contributed by atoms with E-state index in [9.17, 15) is 4.79 Å². The maximum atomic E-state index is 13.0. The Morgan fingerprint density at radius 3 is 2.63 bits per heavy atom. The first-order valence-corrected chi connectivity index (χ1v) is 13.0. The lowest BCUT2D eigenvalue weighted by atomic mass is 10.0. The number of hydrogen-bond acceptors (Lipinski definition) is 4. The van der Waals surface area contributed by atoms with Gasteiger partial charge in [-0.15, -0.1) is 0 Å². The topological polar surface area (TPSA) is 71.4 Å². The maximum Gasteiger partial charge on any atom is 0.226 e. The highest BCUT2D eigenvalue weighted by Gasteiger charge is 2.41. The Morgan fingerprint density at radius 2 is 1.89 bits per heavy atom. The van der Waals surface area contributed by atoms with Gasteiger partial charge in [0.1, 0.15) is 5.75 Å². The van der Waals surface area contributed by atoms with Crippen LogP contribution >= 0.6 is 12.2 Å². The number of ether oxygens (including phenoxy) is 1. The molecule has 2 atom stereocenters. The summed E-state index contributed by atoms with van der Waals surface area (Å²) in [7, 11) is 1.66. The fourth-order valence-electron chi connectivity index (χ4n) is 4.89. The van der Waals surface area contributed by atoms with Crippen LogP contribution < -0.4 is 15.4 Å². The van der Waals surface area contributed by atoms with E-state index in [1.165, 1.54) is 0 Å². The zero-order valence-corrected chi connectivity index (χ0v) is 22.5. The summed E-state index contributed by atoms with van der Waals surface area (Å²) < 4.78 is 7.49. The molecule has 3 heterocycles. The molecule has 5 rings (SSSR count). The molecule has 0 bridgehead atoms. The third kappa shape index (κ3) is 5.26. The molecule has 0 aliphatic carbocycles. The number of hydrogen-bond donors (Lipinski definition) is 2. The normalized spacial score (nSPS) is 16.8. The number of nitrogens with one attached hydrogen (secondary N) is 2. The van der Waals surface area contributed by atoms with Crippen molar-refractivity contribution in [3.05, 3.63) is 108 Å². The summed E-state index contributed by atoms with van der Waals surface area (Å²) in [6.07, 6.45) is 4.13. The summed E-state index contributed by atoms with van der Waals surface area (Å²) in [5.41, 5.74) is 5.93. The van der Waals surface area contributed by atoms with Crippen molar-refractivity contribution in [2.75, 3.05) is 19.0 Å². The number of aromatic nitrogens is 2. The van der Waals surface area contributed by atoms with E-state index in [-0.39, 0.29) is 18.0 Å². The van der Waals surface area contributed by atoms with Gasteiger partial charge in [-0.2, -0.15) is 0 Å². The molecule has 1 amide bonds. The van der Waals surface area contributed by atoms with Crippen molar-refractivity contribution in [2.45, 2.75) is 32.4 Å². The monoisotopic (exact) mass is 525 g/mol. The molecule has 0 unspecified atom stereocenters. The highest BCUT2D eigenvalue weighted by Crippen LogP contribution is 2.39. The summed E-state index contributed by atoms with van der Waals surface area (Å²) in [5, 5.41) is 7.15. The first-order chi connectivity index (χ1) is 18.4. The standard InChI is InChI=1S/C30H31N5O2S/c1-20-9-10-21(2)25(19-20)32-27(36)15-18-35-29(28(33-30(35)38)24-7-4-5-16-31-24)26-8-6-17-34(26)22-11-13-23(37-3)14-12-22/h4-14,16-17,19,28-29H,15,18H2,1-3H3,(H,32,36)(H,33,38)/t28-,29+/m1/s1. The van der Waals surface area contributed by atoms with Crippen molar-refractivity contribution < 1.29 is 9.53 Å². The van der Waals surface area contributed by atoms with Crippen LogP contribution in [-0.4, -0.2) is 39.1 Å². The van der Waals surface area contributed by atoms with Crippen molar-refractivity contribution in [1.82, 2.24) is 19.8 Å². The number of amides is 1. The molecule has 1 fully saturated rings. The summed E-state index contributed by atoms with van der Waals surface area (Å²) in [5.74, 6) is 0.751. The molecule has 2 N–H and O–H groups in total. The molecule has 0 radical (unpaired) electrons. The number of benzene rings is 2. The third-order valence-electron chi connectivity index (χ3n) is 6.88. The van der Waals surface area contributed by atoms with Crippen LogP contribution in [0.3, 0.4) is 0 Å². The molecule has 0 spiro atoms. The van der Waals surface area contributed by atoms with Crippen LogP contribution in [0.5, 0.6) is 5.75 Å². The van der Waals surface area contributed by atoms with Gasteiger partial charge in [0, 0.05) is 42.4 Å². The minimum absolute atomic E-state index is 0.0490. The molecule has 4 aromatic rings. The van der Waals surface area contributed by atoms with Crippen molar-refractivity contribution >= 4 is 28.9 Å². The second-order valence-electron chi connectivity index (χ2n) is 9.44. The van der Waals surface area contributed by atoms with Crippen molar-refractivity contribution in [1.29, 1.82) is 0 Å². The molecule has 8 heteroatoms. The average Bonchev–Trinajstić information content (AvgIpc) is 3.54. The molecule has 1 aliphatic heterocycles. The van der Waals surface area contributed by atoms with E-state index in [0.29, 0.717) is 18.1 Å². The zero-order chi connectivity index (χ0) is 26.6. The van der Waals surface area contributed by atoms with E-state index in [0.717, 1.165) is 39.6 Å². The van der Waals surface area contributed by atoms with Gasteiger partial charge in [-0.1, -0.05) is 18.2 Å². The number of methoxy groups -OCH3 is 1. The predicted octanol–water partition coefficient (Wildman–Crippen LogP) is 5.50. The van der Waals surface area contributed by atoms with Crippen LogP contribution in [0.15, 0.2) is 85.2 Å². The fraction of sp³-hybridized carbons (Fsp3) is 0.233. The number of nitrogens with zero attached hydrogens (tertiary/aromatic N) is 3. The molecule has 1 saturated heterocycles. The van der Waals surface area contributed by atoms with Gasteiger partial charge in [-0.3, -0.25) is 9.78 Å². The van der Waals surface area contributed by atoms with Crippen molar-refractivity contribution in [3.63, 3.8) is 0 Å². The van der Waals surface area contributed by atoms with Gasteiger partial charge in [0.25, 0.3) is 0 Å². The molecule has 7 nitrogen and oxygen atoms in total. The fourth-order valence-corrected chi connectivity index (χ4v) is 5.22. The number of carbonyl (C=O) groups excluding carboxylic acids is 1. The Bertz CT molecular complexity index is 1430. The van der Waals surface area contributed by atoms with E-state index < -0.39 is 0 Å². The third-order valence-corrected chi connectivity index (χ3v) is 7.23. The largest absolute Gasteiger partial charge is 0.497 e. The van der Waals surface area contributed by atoms with Gasteiger partial charge in [0.15, 0.2) is 5.11 Å². The Balaban J connectivity index is 1.43. The quantitative estimate of drug-likeness (QED) is 0.296. The Labute approximate surface area is 228 Å². The van der Waals surface area contributed by atoms with E-state index in [1.54, 1.807) is 13.3 Å². The summed E-state index contributed by atoms with van der Waals surface area (Å²) in [4.78, 5) is 19.7. The molecular weight excluding hydrogens is 494 g/mol. The average molecular weight is 526 g/mol. The number of aryl methyl sites for hydroxylation is 2. The van der Waals surface area contributed by atoms with Gasteiger partial charge in [0.05, 0.1) is 24.9 Å². The maximum absolute atomic E-state index is 13.0. The lowest BCUT2D eigenvalue weighted by Gasteiger charge is -2.29. The van der Waals surface area contributed by atoms with E-state index in [2.05, 4.69) is 31.2 Å². The van der Waals surface area contributed by atoms with E-state index in [4.69, 9.17) is 17.0 Å². The number of pyridine rings is 1. The first kappa shape index (κ1) is 25.5. The van der Waals surface area contributed by atoms with Crippen LogP contribution in [-0.2, 0) is 4.79 Å². The van der Waals surface area contributed by atoms with Crippen LogP contribution in [0.1, 0.15) is 41.0 Å². The minimum Gasteiger partial charge on any atom is -0.497 e. The second-order valence-corrected chi connectivity index (χ2v) is 9.82. The van der Waals surface area contributed by atoms with Crippen molar-refractivity contribution in [3.8, 4) is 11.4 Å². The highest BCUT2D eigenvalue weighted by atomic mass is 32.1. The van der Waals surface area contributed by atoms with Gasteiger partial charge in [0.2, 0.25) is 5.91 Å². The first-order valence-electron chi connectivity index (χ1n) is 12.6. The molecule has 2 aromatic heterocycles. The van der Waals surface area contributed by atoms with Crippen LogP contribution in [0.25, 0.3) is 5.69 Å². The minimum atomic E-state index is -0.169. The molecule has 1 aliphatic rings. The van der Waals surface area contributed by atoms with Gasteiger partial charge < -0.3 is 24.8 Å². The summed E-state index contributed by atoms with van der Waals surface area (Å²) >= 11 is 5.81. The molecule has 194 valence electrons. The Morgan fingerprint density at radius 1 is 1.08 bits per heavy atom. The smallest absolute Gasteiger partial charge is 0.226 e. The molecule has 2 aromatic carbocycles. The van der Waals surface area contributed by atoms with Gasteiger partial charge >= 0.3 is 0 Å². The highest BCUT2D eigenvalue weighted by molar-refractivity contribution is 7.80. The van der Waals surface area contributed by atoms with E-state index >= 15 is 0 Å². The summed E-state index contributed by atoms with van der Waals surface area (Å²) in [6, 6.07) is 23.7. The number of anilines is 1. The SMILES string of the molecule is COc1ccc(-n2cccc2[C@H]2[C@@H](c3ccccn3)NC(=S)N2CCC(=O)Nc2cc(C)ccc2C)cc1. The lowest BCUT2D eigenvalue weighted by molar-refractivity contribution is -0.116. The van der Waals surface area contributed by atoms with Gasteiger partial charge in [-0.05, 0) is 91.8 Å². The zero-order valence-electron chi connectivity index (χ0n) is 21.7. The molecule has 38 heavy (non-hydrogen) atoms. The van der Waals surface area contributed by atoms with Crippen molar-refractivity contribution in [2.24, 2.45) is 0 Å². The van der Waals surface area contributed by atoms with Crippen LogP contribution in [0.2, 0.25) is 0 Å². The Hall–Kier alpha value is -4.17.